The largest absolute Gasteiger partial charge is 2.00 e. The Morgan fingerprint density at radius 2 is 1.30 bits per heavy atom. The summed E-state index contributed by atoms with van der Waals surface area (Å²) in [5, 5.41) is 7.44. The van der Waals surface area contributed by atoms with Gasteiger partial charge in [0.25, 0.3) is 0 Å². The van der Waals surface area contributed by atoms with Crippen LogP contribution in [0.1, 0.15) is 42.3 Å². The van der Waals surface area contributed by atoms with Crippen molar-refractivity contribution in [2.24, 2.45) is 0 Å². The van der Waals surface area contributed by atoms with E-state index in [4.69, 9.17) is 14.8 Å². The van der Waals surface area contributed by atoms with Gasteiger partial charge >= 0.3 is 20.4 Å². The fraction of sp³-hybridized carbons (Fsp3) is 0.120. The van der Waals surface area contributed by atoms with E-state index in [9.17, 15) is 0 Å². The van der Waals surface area contributed by atoms with Gasteiger partial charge in [-0.25, -0.2) is 4.98 Å². The minimum absolute atomic E-state index is 0. The molecule has 56 heavy (non-hydrogen) atoms. The summed E-state index contributed by atoms with van der Waals surface area (Å²) in [7, 11) is 0. The van der Waals surface area contributed by atoms with Crippen molar-refractivity contribution in [1.29, 1.82) is 0 Å². The van der Waals surface area contributed by atoms with E-state index in [1.807, 2.05) is 23.0 Å². The van der Waals surface area contributed by atoms with Crippen LogP contribution in [-0.4, -0.2) is 19.3 Å². The molecule has 3 heterocycles. The smallest absolute Gasteiger partial charge is 0.509 e. The van der Waals surface area contributed by atoms with Crippen LogP contribution in [0.25, 0.3) is 66.7 Å². The Kier molecular flexibility index (Phi) is 10.0. The second-order valence-corrected chi connectivity index (χ2v) is 14.5. The molecule has 0 bridgehead atoms. The fourth-order valence-corrected chi connectivity index (χ4v) is 7.76. The molecule has 0 aliphatic carbocycles. The van der Waals surface area contributed by atoms with Gasteiger partial charge in [0.2, 0.25) is 0 Å². The minimum atomic E-state index is 0. The van der Waals surface area contributed by atoms with E-state index in [1.54, 1.807) is 0 Å². The van der Waals surface area contributed by atoms with Crippen LogP contribution in [0.4, 0.5) is 0 Å². The van der Waals surface area contributed by atoms with Crippen LogP contribution >= 0.6 is 0 Å². The first kappa shape index (κ1) is 36.9. The van der Waals surface area contributed by atoms with Gasteiger partial charge in [0.15, 0.2) is 0 Å². The van der Waals surface area contributed by atoms with E-state index >= 15 is 0 Å². The first-order valence-electron chi connectivity index (χ1n) is 18.8. The van der Waals surface area contributed by atoms with Crippen LogP contribution in [0.15, 0.2) is 146 Å². The second-order valence-electron chi connectivity index (χ2n) is 14.5. The number of ether oxygens (including phenoxy) is 1. The van der Waals surface area contributed by atoms with Gasteiger partial charge in [-0.15, -0.1) is 41.3 Å². The SMILES string of the molecule is Cc1ccnc(-n2c3[c-]c(Oc4[c-]c(-n5nc(C)c(-c6c(-c7ccccc7)cccc6-c6ccccc6)c5C)cc(C(C)C)c4)ccc3c3ccccc32)c1.[Pd+2]. The summed E-state index contributed by atoms with van der Waals surface area (Å²) in [5.41, 5.74) is 14.0. The summed E-state index contributed by atoms with van der Waals surface area (Å²) in [5.74, 6) is 2.31. The minimum Gasteiger partial charge on any atom is -0.509 e. The number of aromatic nitrogens is 4. The molecule has 9 aromatic rings. The molecular formula is C50H40N4OPd. The summed E-state index contributed by atoms with van der Waals surface area (Å²) < 4.78 is 10.9. The molecule has 0 amide bonds. The van der Waals surface area contributed by atoms with E-state index in [1.165, 1.54) is 16.7 Å². The van der Waals surface area contributed by atoms with Crippen molar-refractivity contribution in [3.8, 4) is 56.4 Å². The quantitative estimate of drug-likeness (QED) is 0.113. The van der Waals surface area contributed by atoms with Crippen LogP contribution in [0.3, 0.4) is 0 Å². The maximum absolute atomic E-state index is 6.68. The summed E-state index contributed by atoms with van der Waals surface area (Å²) >= 11 is 0. The zero-order valence-corrected chi connectivity index (χ0v) is 33.5. The van der Waals surface area contributed by atoms with Crippen molar-refractivity contribution in [1.82, 2.24) is 19.3 Å². The maximum Gasteiger partial charge on any atom is 2.00 e. The third kappa shape index (κ3) is 6.66. The molecule has 9 rings (SSSR count). The summed E-state index contributed by atoms with van der Waals surface area (Å²) in [6.07, 6.45) is 1.85. The van der Waals surface area contributed by atoms with E-state index in [2.05, 4.69) is 179 Å². The molecule has 0 radical (unpaired) electrons. The fourth-order valence-electron chi connectivity index (χ4n) is 7.76. The first-order chi connectivity index (χ1) is 26.8. The van der Waals surface area contributed by atoms with Crippen molar-refractivity contribution < 1.29 is 25.2 Å². The Morgan fingerprint density at radius 1 is 0.625 bits per heavy atom. The summed E-state index contributed by atoms with van der Waals surface area (Å²) in [6.45, 7) is 10.7. The number of benzene rings is 6. The number of rotatable bonds is 8. The predicted octanol–water partition coefficient (Wildman–Crippen LogP) is 12.8. The number of para-hydroxylation sites is 1. The standard InChI is InChI=1S/C50H40N4O.Pd/c1-32(2)38-28-39(30-41(29-38)55-40-23-24-45-44-19-12-13-22-46(44)53(47(45)31-40)48-27-33(3)25-26-51-48)54-35(5)49(34(4)52-54)50-42(36-15-8-6-9-16-36)20-14-21-43(50)37-17-10-7-11-18-37;/h6-29,32H,1-5H3;/q-2;+2. The molecule has 0 saturated heterocycles. The number of pyridine rings is 1. The van der Waals surface area contributed by atoms with E-state index in [0.29, 0.717) is 11.5 Å². The zero-order valence-electron chi connectivity index (χ0n) is 31.9. The van der Waals surface area contributed by atoms with Gasteiger partial charge in [0.1, 0.15) is 5.82 Å². The molecule has 5 nitrogen and oxygen atoms in total. The topological polar surface area (TPSA) is 44.9 Å². The molecule has 276 valence electrons. The van der Waals surface area contributed by atoms with Crippen LogP contribution in [-0.2, 0) is 20.4 Å². The number of hydrogen-bond donors (Lipinski definition) is 0. The maximum atomic E-state index is 6.68. The third-order valence-electron chi connectivity index (χ3n) is 10.4. The average molecular weight is 819 g/mol. The van der Waals surface area contributed by atoms with E-state index in [-0.39, 0.29) is 26.3 Å². The summed E-state index contributed by atoms with van der Waals surface area (Å²) in [6, 6.07) is 55.9. The number of fused-ring (bicyclic) bond motifs is 3. The Labute approximate surface area is 341 Å². The molecule has 0 spiro atoms. The van der Waals surface area contributed by atoms with Crippen LogP contribution < -0.4 is 4.74 Å². The van der Waals surface area contributed by atoms with Crippen LogP contribution in [0.2, 0.25) is 0 Å². The Morgan fingerprint density at radius 3 is 1.98 bits per heavy atom. The monoisotopic (exact) mass is 818 g/mol. The summed E-state index contributed by atoms with van der Waals surface area (Å²) in [4.78, 5) is 4.74. The molecule has 0 aliphatic rings. The van der Waals surface area contributed by atoms with Gasteiger partial charge < -0.3 is 9.30 Å². The molecule has 0 atom stereocenters. The van der Waals surface area contributed by atoms with E-state index in [0.717, 1.165) is 72.5 Å². The van der Waals surface area contributed by atoms with Gasteiger partial charge in [-0.1, -0.05) is 116 Å². The molecule has 0 unspecified atom stereocenters. The van der Waals surface area contributed by atoms with E-state index < -0.39 is 0 Å². The van der Waals surface area contributed by atoms with Crippen molar-refractivity contribution in [3.05, 3.63) is 180 Å². The van der Waals surface area contributed by atoms with Crippen LogP contribution in [0.5, 0.6) is 11.5 Å². The second kappa shape index (κ2) is 15.2. The van der Waals surface area contributed by atoms with Gasteiger partial charge in [-0.05, 0) is 83.8 Å². The molecule has 0 aliphatic heterocycles. The number of nitrogens with zero attached hydrogens (tertiary/aromatic N) is 4. The molecule has 6 heteroatoms. The van der Waals surface area contributed by atoms with Gasteiger partial charge in [0, 0.05) is 40.0 Å². The molecular weight excluding hydrogens is 779 g/mol. The normalized spacial score (nSPS) is 11.3. The van der Waals surface area contributed by atoms with Crippen molar-refractivity contribution in [3.63, 3.8) is 0 Å². The molecule has 6 aromatic carbocycles. The molecule has 0 saturated carbocycles. The third-order valence-corrected chi connectivity index (χ3v) is 10.4. The van der Waals surface area contributed by atoms with Gasteiger partial charge in [0.05, 0.1) is 5.69 Å². The van der Waals surface area contributed by atoms with Crippen LogP contribution in [0, 0.1) is 32.9 Å². The van der Waals surface area contributed by atoms with Crippen molar-refractivity contribution in [2.75, 3.05) is 0 Å². The van der Waals surface area contributed by atoms with Gasteiger partial charge in [-0.2, -0.15) is 11.2 Å². The number of hydrogen-bond acceptors (Lipinski definition) is 3. The van der Waals surface area contributed by atoms with Crippen molar-refractivity contribution in [2.45, 2.75) is 40.5 Å². The molecule has 3 aromatic heterocycles. The number of aryl methyl sites for hydroxylation is 2. The first-order valence-corrected chi connectivity index (χ1v) is 18.8. The van der Waals surface area contributed by atoms with Crippen molar-refractivity contribution >= 4 is 21.8 Å². The zero-order chi connectivity index (χ0) is 37.6. The Bertz CT molecular complexity index is 2800. The Hall–Kier alpha value is -6.06. The molecule has 0 fully saturated rings. The Balaban J connectivity index is 0.00000441. The average Bonchev–Trinajstić information content (AvgIpc) is 3.70. The van der Waals surface area contributed by atoms with Gasteiger partial charge in [-0.3, -0.25) is 4.68 Å². The molecule has 0 N–H and O–H groups in total. The predicted molar refractivity (Wildman–Crippen MR) is 224 cm³/mol.